The van der Waals surface area contributed by atoms with E-state index in [1.165, 1.54) is 7.11 Å². The molecule has 0 atom stereocenters. The number of carbonyl (C=O) groups excluding carboxylic acids is 2. The topological polar surface area (TPSA) is 67.8 Å². The number of nitrogens with zero attached hydrogens (tertiary/aromatic N) is 1. The van der Waals surface area contributed by atoms with Gasteiger partial charge in [-0.25, -0.2) is 4.79 Å². The first kappa shape index (κ1) is 17.4. The van der Waals surface area contributed by atoms with Crippen molar-refractivity contribution >= 4 is 18.1 Å². The summed E-state index contributed by atoms with van der Waals surface area (Å²) in [5, 5.41) is 2.73. The molecule has 1 rings (SSSR count). The standard InChI is InChI=1S/C17H20N2O3/c1-4-18-12-6-7-13(2)16(20)19-15-9-5-8-14(10-11-15)17(21)22-3/h6-12H,2,4-5H2,1,3H3,(H,19,20)/b7-6-,18-12?. The van der Waals surface area contributed by atoms with Gasteiger partial charge in [0.2, 0.25) is 0 Å². The average Bonchev–Trinajstić information content (AvgIpc) is 2.76. The molecule has 0 heterocycles. The van der Waals surface area contributed by atoms with Crippen molar-refractivity contribution in [2.75, 3.05) is 13.7 Å². The Balaban J connectivity index is 2.61. The molecule has 1 amide bonds. The zero-order valence-electron chi connectivity index (χ0n) is 12.8. The predicted molar refractivity (Wildman–Crippen MR) is 87.4 cm³/mol. The van der Waals surface area contributed by atoms with Gasteiger partial charge in [0.15, 0.2) is 0 Å². The van der Waals surface area contributed by atoms with Gasteiger partial charge in [0.25, 0.3) is 5.91 Å². The number of rotatable bonds is 6. The average molecular weight is 300 g/mol. The highest BCUT2D eigenvalue weighted by atomic mass is 16.5. The fourth-order valence-corrected chi connectivity index (χ4v) is 1.60. The van der Waals surface area contributed by atoms with Crippen molar-refractivity contribution in [3.8, 4) is 0 Å². The molecule has 1 aliphatic carbocycles. The van der Waals surface area contributed by atoms with Crippen LogP contribution in [0.15, 0.2) is 64.9 Å². The first-order valence-electron chi connectivity index (χ1n) is 6.92. The summed E-state index contributed by atoms with van der Waals surface area (Å²) in [5.74, 6) is -0.710. The van der Waals surface area contributed by atoms with E-state index in [0.717, 1.165) is 0 Å². The Morgan fingerprint density at radius 2 is 2.18 bits per heavy atom. The molecule has 0 saturated carbocycles. The minimum absolute atomic E-state index is 0.307. The molecular weight excluding hydrogens is 280 g/mol. The van der Waals surface area contributed by atoms with Crippen molar-refractivity contribution in [1.82, 2.24) is 5.32 Å². The lowest BCUT2D eigenvalue weighted by molar-refractivity contribution is -0.135. The normalized spacial score (nSPS) is 14.5. The van der Waals surface area contributed by atoms with Crippen molar-refractivity contribution in [2.45, 2.75) is 13.3 Å². The Bertz CT molecular complexity index is 593. The number of ether oxygens (including phenoxy) is 1. The maximum Gasteiger partial charge on any atom is 0.337 e. The van der Waals surface area contributed by atoms with E-state index in [4.69, 9.17) is 0 Å². The van der Waals surface area contributed by atoms with Crippen molar-refractivity contribution in [3.63, 3.8) is 0 Å². The van der Waals surface area contributed by atoms with Gasteiger partial charge in [-0.2, -0.15) is 0 Å². The van der Waals surface area contributed by atoms with Crippen molar-refractivity contribution in [1.29, 1.82) is 0 Å². The van der Waals surface area contributed by atoms with E-state index in [1.54, 1.807) is 42.7 Å². The van der Waals surface area contributed by atoms with E-state index in [0.29, 0.717) is 29.8 Å². The van der Waals surface area contributed by atoms with Crippen LogP contribution in [-0.2, 0) is 14.3 Å². The number of methoxy groups -OCH3 is 1. The molecule has 1 aliphatic rings. The van der Waals surface area contributed by atoms with Gasteiger partial charge in [0, 0.05) is 24.0 Å². The van der Waals surface area contributed by atoms with Crippen LogP contribution < -0.4 is 5.32 Å². The van der Waals surface area contributed by atoms with Crippen LogP contribution in [-0.4, -0.2) is 31.7 Å². The van der Waals surface area contributed by atoms with Crippen LogP contribution in [0.25, 0.3) is 0 Å². The minimum Gasteiger partial charge on any atom is -0.465 e. The van der Waals surface area contributed by atoms with E-state index in [2.05, 4.69) is 21.6 Å². The van der Waals surface area contributed by atoms with Gasteiger partial charge in [-0.15, -0.1) is 0 Å². The molecule has 1 N–H and O–H groups in total. The smallest absolute Gasteiger partial charge is 0.337 e. The van der Waals surface area contributed by atoms with Gasteiger partial charge in [-0.3, -0.25) is 9.79 Å². The maximum absolute atomic E-state index is 12.0. The molecule has 0 aromatic heterocycles. The largest absolute Gasteiger partial charge is 0.465 e. The third-order valence-electron chi connectivity index (χ3n) is 2.76. The van der Waals surface area contributed by atoms with E-state index in [9.17, 15) is 9.59 Å². The molecule has 5 heteroatoms. The quantitative estimate of drug-likeness (QED) is 0.354. The molecule has 116 valence electrons. The molecule has 22 heavy (non-hydrogen) atoms. The Kier molecular flexibility index (Phi) is 7.33. The second-order valence-electron chi connectivity index (χ2n) is 4.37. The zero-order valence-corrected chi connectivity index (χ0v) is 12.8. The highest BCUT2D eigenvalue weighted by Crippen LogP contribution is 2.10. The second-order valence-corrected chi connectivity index (χ2v) is 4.37. The summed E-state index contributed by atoms with van der Waals surface area (Å²) in [5.41, 5.74) is 1.39. The van der Waals surface area contributed by atoms with Gasteiger partial charge < -0.3 is 10.1 Å². The van der Waals surface area contributed by atoms with Crippen LogP contribution in [0.5, 0.6) is 0 Å². The summed E-state index contributed by atoms with van der Waals surface area (Å²) in [6, 6.07) is 0. The first-order valence-corrected chi connectivity index (χ1v) is 6.92. The highest BCUT2D eigenvalue weighted by molar-refractivity contribution is 5.98. The Hall–Kier alpha value is -2.69. The number of amides is 1. The number of allylic oxidation sites excluding steroid dienone is 4. The van der Waals surface area contributed by atoms with Gasteiger partial charge in [0.1, 0.15) is 0 Å². The maximum atomic E-state index is 12.0. The number of hydrogen-bond acceptors (Lipinski definition) is 4. The molecule has 0 radical (unpaired) electrons. The Labute approximate surface area is 130 Å². The number of hydrogen-bond donors (Lipinski definition) is 1. The lowest BCUT2D eigenvalue weighted by Gasteiger charge is -2.05. The molecule has 0 bridgehead atoms. The number of aliphatic imine (C=N–C) groups is 1. The summed E-state index contributed by atoms with van der Waals surface area (Å²) >= 11 is 0. The van der Waals surface area contributed by atoms with Gasteiger partial charge in [-0.1, -0.05) is 18.7 Å². The monoisotopic (exact) mass is 300 g/mol. The van der Waals surface area contributed by atoms with Crippen LogP contribution in [0.1, 0.15) is 13.3 Å². The van der Waals surface area contributed by atoms with Crippen LogP contribution in [0.2, 0.25) is 0 Å². The van der Waals surface area contributed by atoms with Crippen molar-refractivity contribution in [3.05, 3.63) is 59.9 Å². The molecule has 0 unspecified atom stereocenters. The molecule has 0 spiro atoms. The van der Waals surface area contributed by atoms with Crippen LogP contribution >= 0.6 is 0 Å². The second kappa shape index (κ2) is 9.28. The SMILES string of the molecule is C=C(/C=C\C=NCC)C(=O)NC1=CCC=C(C(=O)OC)C=C1. The third-order valence-corrected chi connectivity index (χ3v) is 2.76. The Morgan fingerprint density at radius 3 is 2.86 bits per heavy atom. The lowest BCUT2D eigenvalue weighted by atomic mass is 10.2. The summed E-state index contributed by atoms with van der Waals surface area (Å²) in [4.78, 5) is 27.4. The predicted octanol–water partition coefficient (Wildman–Crippen LogP) is 2.25. The fourth-order valence-electron chi connectivity index (χ4n) is 1.60. The number of nitrogens with one attached hydrogen (secondary N) is 1. The third kappa shape index (κ3) is 5.75. The molecule has 0 saturated heterocycles. The summed E-state index contributed by atoms with van der Waals surface area (Å²) in [7, 11) is 1.33. The van der Waals surface area contributed by atoms with Crippen molar-refractivity contribution < 1.29 is 14.3 Å². The lowest BCUT2D eigenvalue weighted by Crippen LogP contribution is -2.22. The summed E-state index contributed by atoms with van der Waals surface area (Å²) in [6.07, 6.45) is 12.2. The van der Waals surface area contributed by atoms with Crippen molar-refractivity contribution in [2.24, 2.45) is 4.99 Å². The molecule has 5 nitrogen and oxygen atoms in total. The van der Waals surface area contributed by atoms with Gasteiger partial charge in [0.05, 0.1) is 12.7 Å². The molecule has 0 aromatic carbocycles. The van der Waals surface area contributed by atoms with Crippen LogP contribution in [0.3, 0.4) is 0 Å². The molecular formula is C17H20N2O3. The molecule has 0 aliphatic heterocycles. The van der Waals surface area contributed by atoms with E-state index >= 15 is 0 Å². The van der Waals surface area contributed by atoms with E-state index in [1.807, 2.05) is 6.92 Å². The van der Waals surface area contributed by atoms with E-state index in [-0.39, 0.29) is 5.91 Å². The number of carbonyl (C=O) groups is 2. The Morgan fingerprint density at radius 1 is 1.41 bits per heavy atom. The number of esters is 1. The minimum atomic E-state index is -0.403. The first-order chi connectivity index (χ1) is 10.6. The van der Waals surface area contributed by atoms with E-state index < -0.39 is 5.97 Å². The highest BCUT2D eigenvalue weighted by Gasteiger charge is 2.09. The molecule has 0 aromatic rings. The van der Waals surface area contributed by atoms with Crippen LogP contribution in [0.4, 0.5) is 0 Å². The van der Waals surface area contributed by atoms with Gasteiger partial charge in [-0.05, 0) is 37.6 Å². The fraction of sp³-hybridized carbons (Fsp3) is 0.235. The zero-order chi connectivity index (χ0) is 16.4. The summed E-state index contributed by atoms with van der Waals surface area (Å²) in [6.45, 7) is 6.31. The molecule has 0 fully saturated rings. The van der Waals surface area contributed by atoms with Crippen LogP contribution in [0, 0.1) is 0 Å². The summed E-state index contributed by atoms with van der Waals surface area (Å²) < 4.78 is 4.66. The van der Waals surface area contributed by atoms with Gasteiger partial charge >= 0.3 is 5.97 Å².